The van der Waals surface area contributed by atoms with Gasteiger partial charge in [0.25, 0.3) is 0 Å². The van der Waals surface area contributed by atoms with Crippen molar-refractivity contribution >= 4 is 28.7 Å². The Morgan fingerprint density at radius 3 is 2.56 bits per heavy atom. The molecule has 4 aromatic rings. The van der Waals surface area contributed by atoms with Gasteiger partial charge in [-0.3, -0.25) is 9.78 Å². The van der Waals surface area contributed by atoms with E-state index in [1.165, 1.54) is 0 Å². The molecule has 3 aromatic heterocycles. The number of rotatable bonds is 8. The third kappa shape index (κ3) is 5.56. The van der Waals surface area contributed by atoms with Crippen molar-refractivity contribution in [2.24, 2.45) is 5.92 Å². The Hall–Kier alpha value is -3.82. The zero-order chi connectivity index (χ0) is 28.5. The van der Waals surface area contributed by atoms with Crippen LogP contribution < -0.4 is 19.7 Å². The summed E-state index contributed by atoms with van der Waals surface area (Å²) in [5.74, 6) is 1.58. The van der Waals surface area contributed by atoms with Crippen molar-refractivity contribution in [3.8, 4) is 22.8 Å². The number of nitrogens with zero attached hydrogens (tertiary/aromatic N) is 5. The lowest BCUT2D eigenvalue weighted by molar-refractivity contribution is -0.129. The van der Waals surface area contributed by atoms with Gasteiger partial charge in [-0.15, -0.1) is 0 Å². The van der Waals surface area contributed by atoms with E-state index in [9.17, 15) is 4.79 Å². The van der Waals surface area contributed by atoms with Gasteiger partial charge in [-0.2, -0.15) is 5.10 Å². The topological polar surface area (TPSA) is 84.2 Å². The number of hydrogen-bond acceptors (Lipinski definition) is 7. The van der Waals surface area contributed by atoms with E-state index in [4.69, 9.17) is 26.1 Å². The molecule has 9 nitrogen and oxygen atoms in total. The SMILES string of the molecule is COc1ccc(C(C)N2CC(C(C)Oc3cc(-c4ccc(N5CCNCC5)cn4)cn4ncc(Cl)c34)CC2=O)cc1. The van der Waals surface area contributed by atoms with Crippen molar-refractivity contribution in [1.29, 1.82) is 0 Å². The molecule has 3 atom stereocenters. The van der Waals surface area contributed by atoms with Gasteiger partial charge in [-0.05, 0) is 49.7 Å². The summed E-state index contributed by atoms with van der Waals surface area (Å²) >= 11 is 6.54. The second-order valence-electron chi connectivity index (χ2n) is 10.8. The van der Waals surface area contributed by atoms with Crippen LogP contribution in [0.25, 0.3) is 16.8 Å². The highest BCUT2D eigenvalue weighted by atomic mass is 35.5. The van der Waals surface area contributed by atoms with Crippen LogP contribution in [0.5, 0.6) is 11.5 Å². The van der Waals surface area contributed by atoms with Crippen molar-refractivity contribution in [3.05, 3.63) is 71.6 Å². The van der Waals surface area contributed by atoms with Crippen LogP contribution in [0.2, 0.25) is 5.02 Å². The van der Waals surface area contributed by atoms with Crippen LogP contribution in [-0.4, -0.2) is 71.3 Å². The fourth-order valence-electron chi connectivity index (χ4n) is 5.75. The Kier molecular flexibility index (Phi) is 7.73. The predicted octanol–water partition coefficient (Wildman–Crippen LogP) is 4.84. The third-order valence-electron chi connectivity index (χ3n) is 8.29. The first-order valence-electron chi connectivity index (χ1n) is 14.1. The molecule has 41 heavy (non-hydrogen) atoms. The minimum absolute atomic E-state index is 0.0324. The molecule has 1 aromatic carbocycles. The normalized spacial score (nSPS) is 19.0. The van der Waals surface area contributed by atoms with E-state index in [1.807, 2.05) is 60.6 Å². The number of likely N-dealkylation sites (tertiary alicyclic amines) is 1. The molecule has 0 radical (unpaired) electrons. The number of piperazine rings is 1. The third-order valence-corrected chi connectivity index (χ3v) is 8.57. The van der Waals surface area contributed by atoms with E-state index >= 15 is 0 Å². The molecule has 2 aliphatic heterocycles. The Morgan fingerprint density at radius 1 is 1.07 bits per heavy atom. The molecule has 2 fully saturated rings. The second kappa shape index (κ2) is 11.6. The molecule has 214 valence electrons. The van der Waals surface area contributed by atoms with Crippen LogP contribution in [0.1, 0.15) is 31.9 Å². The van der Waals surface area contributed by atoms with Crippen LogP contribution in [0.4, 0.5) is 5.69 Å². The lowest BCUT2D eigenvalue weighted by atomic mass is 10.0. The van der Waals surface area contributed by atoms with Gasteiger partial charge in [-0.1, -0.05) is 23.7 Å². The average Bonchev–Trinajstić information content (AvgIpc) is 3.59. The maximum atomic E-state index is 13.1. The van der Waals surface area contributed by atoms with E-state index in [0.717, 1.165) is 54.4 Å². The number of hydrogen-bond donors (Lipinski definition) is 1. The number of carbonyl (C=O) groups excluding carboxylic acids is 1. The fourth-order valence-corrected chi connectivity index (χ4v) is 5.98. The summed E-state index contributed by atoms with van der Waals surface area (Å²) in [7, 11) is 1.65. The summed E-state index contributed by atoms with van der Waals surface area (Å²) in [4.78, 5) is 22.1. The van der Waals surface area contributed by atoms with E-state index in [-0.39, 0.29) is 24.0 Å². The number of nitrogens with one attached hydrogen (secondary N) is 1. The van der Waals surface area contributed by atoms with Crippen LogP contribution in [-0.2, 0) is 4.79 Å². The lowest BCUT2D eigenvalue weighted by Crippen LogP contribution is -2.43. The number of pyridine rings is 2. The highest BCUT2D eigenvalue weighted by molar-refractivity contribution is 6.34. The molecular weight excluding hydrogens is 540 g/mol. The van der Waals surface area contributed by atoms with Gasteiger partial charge < -0.3 is 24.6 Å². The summed E-state index contributed by atoms with van der Waals surface area (Å²) in [5.41, 5.74) is 4.59. The van der Waals surface area contributed by atoms with Crippen LogP contribution in [0, 0.1) is 5.92 Å². The first-order valence-corrected chi connectivity index (χ1v) is 14.5. The highest BCUT2D eigenvalue weighted by Crippen LogP contribution is 2.36. The summed E-state index contributed by atoms with van der Waals surface area (Å²) in [6.07, 6.45) is 5.67. The monoisotopic (exact) mass is 574 g/mol. The molecule has 2 saturated heterocycles. The molecule has 0 bridgehead atoms. The molecule has 1 N–H and O–H groups in total. The number of aromatic nitrogens is 3. The van der Waals surface area contributed by atoms with E-state index < -0.39 is 0 Å². The number of ether oxygens (including phenoxy) is 2. The first-order chi connectivity index (χ1) is 19.9. The largest absolute Gasteiger partial charge is 0.497 e. The second-order valence-corrected chi connectivity index (χ2v) is 11.2. The number of carbonyl (C=O) groups is 1. The average molecular weight is 575 g/mol. The summed E-state index contributed by atoms with van der Waals surface area (Å²) in [6.45, 7) is 8.58. The highest BCUT2D eigenvalue weighted by Gasteiger charge is 2.37. The lowest BCUT2D eigenvalue weighted by Gasteiger charge is -2.29. The Bertz CT molecular complexity index is 1520. The van der Waals surface area contributed by atoms with Crippen LogP contribution >= 0.6 is 11.6 Å². The van der Waals surface area contributed by atoms with E-state index in [1.54, 1.807) is 17.8 Å². The van der Waals surface area contributed by atoms with Crippen molar-refractivity contribution in [2.75, 3.05) is 44.7 Å². The number of methoxy groups -OCH3 is 1. The van der Waals surface area contributed by atoms with Crippen LogP contribution in [0.15, 0.2) is 61.1 Å². The Balaban J connectivity index is 1.21. The van der Waals surface area contributed by atoms with Crippen molar-refractivity contribution in [1.82, 2.24) is 24.8 Å². The molecule has 3 unspecified atom stereocenters. The van der Waals surface area contributed by atoms with Gasteiger partial charge in [0.15, 0.2) is 0 Å². The maximum absolute atomic E-state index is 13.1. The number of benzene rings is 1. The predicted molar refractivity (Wildman–Crippen MR) is 160 cm³/mol. The van der Waals surface area contributed by atoms with E-state index in [0.29, 0.717) is 29.3 Å². The molecule has 0 aliphatic carbocycles. The van der Waals surface area contributed by atoms with E-state index in [2.05, 4.69) is 28.3 Å². The molecule has 5 heterocycles. The zero-order valence-electron chi connectivity index (χ0n) is 23.6. The number of halogens is 1. The Labute approximate surface area is 245 Å². The molecule has 10 heteroatoms. The molecule has 0 saturated carbocycles. The van der Waals surface area contributed by atoms with Gasteiger partial charge >= 0.3 is 0 Å². The van der Waals surface area contributed by atoms with Gasteiger partial charge in [-0.25, -0.2) is 4.52 Å². The minimum Gasteiger partial charge on any atom is -0.497 e. The summed E-state index contributed by atoms with van der Waals surface area (Å²) < 4.78 is 13.6. The summed E-state index contributed by atoms with van der Waals surface area (Å²) in [5, 5.41) is 8.34. The van der Waals surface area contributed by atoms with Crippen molar-refractivity contribution in [2.45, 2.75) is 32.4 Å². The molecule has 1 amide bonds. The molecule has 2 aliphatic rings. The smallest absolute Gasteiger partial charge is 0.223 e. The molecule has 0 spiro atoms. The quantitative estimate of drug-likeness (QED) is 0.322. The van der Waals surface area contributed by atoms with Crippen LogP contribution in [0.3, 0.4) is 0 Å². The minimum atomic E-state index is -0.222. The zero-order valence-corrected chi connectivity index (χ0v) is 24.3. The molecule has 6 rings (SSSR count). The Morgan fingerprint density at radius 2 is 1.85 bits per heavy atom. The molecular formula is C31H35ClN6O3. The van der Waals surface area contributed by atoms with Gasteiger partial charge in [0.1, 0.15) is 23.1 Å². The first kappa shape index (κ1) is 27.4. The van der Waals surface area contributed by atoms with Crippen molar-refractivity contribution < 1.29 is 14.3 Å². The standard InChI is InChI=1S/C31H35ClN6O3/c1-20(22-4-7-26(40-3)8-5-22)37-18-23(15-30(37)39)21(2)41-29-14-24(19-38-31(29)27(32)17-35-38)28-9-6-25(16-34-28)36-12-10-33-11-13-36/h4-9,14,16-17,19-21,23,33H,10-13,15,18H2,1-3H3. The number of fused-ring (bicyclic) bond motifs is 1. The van der Waals surface area contributed by atoms with Gasteiger partial charge in [0.2, 0.25) is 5.91 Å². The van der Waals surface area contributed by atoms with Gasteiger partial charge in [0, 0.05) is 56.8 Å². The fraction of sp³-hybridized carbons (Fsp3) is 0.387. The van der Waals surface area contributed by atoms with Crippen molar-refractivity contribution in [3.63, 3.8) is 0 Å². The van der Waals surface area contributed by atoms with Gasteiger partial charge in [0.05, 0.1) is 41.9 Å². The summed E-state index contributed by atoms with van der Waals surface area (Å²) in [6, 6.07) is 14.0. The number of anilines is 1. The number of amides is 1. The maximum Gasteiger partial charge on any atom is 0.223 e.